The maximum atomic E-state index is 13.8. The van der Waals surface area contributed by atoms with Gasteiger partial charge in [0.25, 0.3) is 0 Å². The first-order chi connectivity index (χ1) is 36.9. The molecule has 2 aromatic rings. The number of nitrogens with one attached hydrogen (secondary N) is 11. The predicted octanol–water partition coefficient (Wildman–Crippen LogP) is -7.07. The molecule has 19 N–H and O–H groups in total. The maximum absolute atomic E-state index is 13.8. The summed E-state index contributed by atoms with van der Waals surface area (Å²) in [5.74, 6) is -12.8. The molecule has 31 heteroatoms. The quantitative estimate of drug-likeness (QED) is 0.0285. The van der Waals surface area contributed by atoms with Gasteiger partial charge in [-0.25, -0.2) is 4.98 Å². The van der Waals surface area contributed by atoms with Gasteiger partial charge in [0.1, 0.15) is 54.4 Å². The Labute approximate surface area is 460 Å². The highest BCUT2D eigenvalue weighted by molar-refractivity contribution is 7.80. The van der Waals surface area contributed by atoms with Gasteiger partial charge in [-0.3, -0.25) is 57.5 Å². The normalized spacial score (nSPS) is 15.2. The van der Waals surface area contributed by atoms with Crippen LogP contribution < -0.4 is 70.4 Å². The Morgan fingerprint density at radius 3 is 1.56 bits per heavy atom. The van der Waals surface area contributed by atoms with E-state index in [1.807, 2.05) is 0 Å². The molecule has 0 radical (unpaired) electrons. The predicted molar refractivity (Wildman–Crippen MR) is 286 cm³/mol. The molecule has 1 aromatic carbocycles. The number of aromatic amines is 1. The average molecular weight is 1140 g/mol. The van der Waals surface area contributed by atoms with Crippen molar-refractivity contribution in [2.75, 3.05) is 37.8 Å². The number of thiol groups is 2. The van der Waals surface area contributed by atoms with Crippen molar-refractivity contribution in [2.24, 2.45) is 29.0 Å². The number of aromatic nitrogens is 2. The zero-order valence-corrected chi connectivity index (χ0v) is 45.3. The van der Waals surface area contributed by atoms with Crippen LogP contribution in [-0.4, -0.2) is 183 Å². The molecule has 0 aliphatic rings. The number of aliphatic hydroxyl groups excluding tert-OH is 2. The molecule has 78 heavy (non-hydrogen) atoms. The van der Waals surface area contributed by atoms with E-state index in [-0.39, 0.29) is 30.8 Å². The van der Waals surface area contributed by atoms with E-state index in [4.69, 9.17) is 17.2 Å². The summed E-state index contributed by atoms with van der Waals surface area (Å²) < 4.78 is 0. The molecule has 0 saturated carbocycles. The molecule has 432 valence electrons. The summed E-state index contributed by atoms with van der Waals surface area (Å²) >= 11 is 8.19. The molecule has 12 amide bonds. The minimum atomic E-state index is -1.74. The van der Waals surface area contributed by atoms with Crippen LogP contribution in [0.2, 0.25) is 0 Å². The lowest BCUT2D eigenvalue weighted by Gasteiger charge is -2.28. The number of imidazole rings is 1. The molecule has 29 nitrogen and oxygen atoms in total. The number of carbonyl (C=O) groups is 12. The summed E-state index contributed by atoms with van der Waals surface area (Å²) in [6.07, 6.45) is 2.45. The Morgan fingerprint density at radius 1 is 0.564 bits per heavy atom. The molecule has 0 aliphatic heterocycles. The van der Waals surface area contributed by atoms with Gasteiger partial charge >= 0.3 is 0 Å². The van der Waals surface area contributed by atoms with Gasteiger partial charge in [-0.15, -0.1) is 0 Å². The first-order valence-electron chi connectivity index (χ1n) is 24.7. The Balaban J connectivity index is 2.10. The number of rotatable bonds is 35. The van der Waals surface area contributed by atoms with E-state index >= 15 is 0 Å². The zero-order valence-electron chi connectivity index (χ0n) is 43.5. The second kappa shape index (κ2) is 34.4. The van der Waals surface area contributed by atoms with Gasteiger partial charge in [-0.2, -0.15) is 25.3 Å². The monoisotopic (exact) mass is 1140 g/mol. The number of hydrogen-bond donors (Lipinski definition) is 18. The van der Waals surface area contributed by atoms with Gasteiger partial charge in [-0.1, -0.05) is 70.9 Å². The highest BCUT2D eigenvalue weighted by Crippen LogP contribution is 2.12. The van der Waals surface area contributed by atoms with Crippen molar-refractivity contribution in [1.82, 2.24) is 63.1 Å². The molecule has 0 bridgehead atoms. The number of nitrogens with zero attached hydrogens (tertiary/aromatic N) is 1. The van der Waals surface area contributed by atoms with E-state index < -0.39 is 170 Å². The van der Waals surface area contributed by atoms with Crippen molar-refractivity contribution in [1.29, 1.82) is 0 Å². The van der Waals surface area contributed by atoms with Crippen LogP contribution in [-0.2, 0) is 70.4 Å². The summed E-state index contributed by atoms with van der Waals surface area (Å²) in [4.78, 5) is 164. The number of carbonyl (C=O) groups excluding carboxylic acids is 12. The third kappa shape index (κ3) is 22.7. The highest BCUT2D eigenvalue weighted by atomic mass is 32.1. The molecule has 2 rings (SSSR count). The lowest BCUT2D eigenvalue weighted by atomic mass is 9.97. The van der Waals surface area contributed by atoms with Gasteiger partial charge in [0, 0.05) is 36.2 Å². The van der Waals surface area contributed by atoms with Crippen LogP contribution >= 0.6 is 25.3 Å². The minimum Gasteiger partial charge on any atom is -0.394 e. The van der Waals surface area contributed by atoms with Crippen LogP contribution in [0.15, 0.2) is 42.9 Å². The largest absolute Gasteiger partial charge is 0.394 e. The lowest BCUT2D eigenvalue weighted by Crippen LogP contribution is -2.61. The molecule has 1 heterocycles. The van der Waals surface area contributed by atoms with Gasteiger partial charge in [0.05, 0.1) is 39.1 Å². The van der Waals surface area contributed by atoms with E-state index in [0.717, 1.165) is 0 Å². The van der Waals surface area contributed by atoms with Gasteiger partial charge in [0.2, 0.25) is 70.9 Å². The van der Waals surface area contributed by atoms with Crippen LogP contribution in [0.1, 0.15) is 58.2 Å². The number of amides is 12. The van der Waals surface area contributed by atoms with Crippen LogP contribution in [0.3, 0.4) is 0 Å². The summed E-state index contributed by atoms with van der Waals surface area (Å²) in [5.41, 5.74) is 17.5. The Morgan fingerprint density at radius 2 is 1.05 bits per heavy atom. The van der Waals surface area contributed by atoms with Crippen LogP contribution in [0.4, 0.5) is 0 Å². The standard InChI is InChI=1S/C47H73N15O14S2/c1-5-23(3)37(46(75)57-29(13-26-15-51-22-54-26)43(72)59-32(20-77)39(50)68)61-36(67)17-52-35(66)16-53-41(70)31(19-64)58-47(76)38(24(4)6-2)62-44(73)30(14-34(49)65)56-45(74)33(21-78)60-42(71)28(55-40(69)27(48)18-63)12-25-10-8-7-9-11-25/h7-11,15,22-24,27-33,37-38,63-64,77-78H,5-6,12-14,16-21,48H2,1-4H3,(H2,49,65)(H2,50,68)(H,51,54)(H,52,66)(H,53,70)(H,55,69)(H,56,74)(H,57,75)(H,58,76)(H,59,72)(H,60,71)(H,61,67)(H,62,73)/t23-,24-,27-,28-,29-,30-,31-,32-,33-,37-,38-/m0/s1. The second-order valence-electron chi connectivity index (χ2n) is 18.0. The second-order valence-corrected chi connectivity index (χ2v) is 18.8. The number of aliphatic hydroxyl groups is 2. The molecule has 0 spiro atoms. The maximum Gasteiger partial charge on any atom is 0.245 e. The fourth-order valence-electron chi connectivity index (χ4n) is 7.01. The Bertz CT molecular complexity index is 2370. The van der Waals surface area contributed by atoms with Crippen molar-refractivity contribution >= 4 is 96.1 Å². The number of primary amides is 2. The van der Waals surface area contributed by atoms with Crippen LogP contribution in [0.5, 0.6) is 0 Å². The topological polar surface area (TPSA) is 472 Å². The van der Waals surface area contributed by atoms with Crippen molar-refractivity contribution in [3.63, 3.8) is 0 Å². The Kier molecular flexibility index (Phi) is 29.5. The number of benzene rings is 1. The summed E-state index contributed by atoms with van der Waals surface area (Å²) in [5, 5.41) is 43.4. The van der Waals surface area contributed by atoms with Crippen LogP contribution in [0.25, 0.3) is 0 Å². The first-order valence-corrected chi connectivity index (χ1v) is 25.9. The summed E-state index contributed by atoms with van der Waals surface area (Å²) in [7, 11) is 0. The van der Waals surface area contributed by atoms with Crippen molar-refractivity contribution < 1.29 is 67.7 Å². The molecular formula is C47H73N15O14S2. The van der Waals surface area contributed by atoms with E-state index in [1.165, 1.54) is 12.5 Å². The molecule has 0 fully saturated rings. The number of hydrogen-bond acceptors (Lipinski definition) is 18. The van der Waals surface area contributed by atoms with Crippen molar-refractivity contribution in [3.8, 4) is 0 Å². The molecule has 11 atom stereocenters. The third-order valence-electron chi connectivity index (χ3n) is 12.0. The molecule has 0 unspecified atom stereocenters. The zero-order chi connectivity index (χ0) is 58.6. The van der Waals surface area contributed by atoms with Crippen molar-refractivity contribution in [2.45, 2.75) is 114 Å². The average Bonchev–Trinajstić information content (AvgIpc) is 3.94. The third-order valence-corrected chi connectivity index (χ3v) is 12.8. The van der Waals surface area contributed by atoms with E-state index in [2.05, 4.69) is 88.4 Å². The van der Waals surface area contributed by atoms with E-state index in [9.17, 15) is 67.7 Å². The highest BCUT2D eigenvalue weighted by Gasteiger charge is 2.36. The number of nitrogens with two attached hydrogens (primary N) is 3. The molecule has 0 aliphatic carbocycles. The van der Waals surface area contributed by atoms with Crippen molar-refractivity contribution in [3.05, 3.63) is 54.1 Å². The first kappa shape index (κ1) is 66.8. The smallest absolute Gasteiger partial charge is 0.245 e. The number of H-pyrrole nitrogens is 1. The molecule has 1 aromatic heterocycles. The van der Waals surface area contributed by atoms with E-state index in [0.29, 0.717) is 17.7 Å². The summed E-state index contributed by atoms with van der Waals surface area (Å²) in [6, 6.07) is -4.26. The van der Waals surface area contributed by atoms with E-state index in [1.54, 1.807) is 58.0 Å². The minimum absolute atomic E-state index is 0.0645. The summed E-state index contributed by atoms with van der Waals surface area (Å²) in [6.45, 7) is 3.42. The van der Waals surface area contributed by atoms with Gasteiger partial charge in [0.15, 0.2) is 0 Å². The lowest BCUT2D eigenvalue weighted by molar-refractivity contribution is -0.136. The van der Waals surface area contributed by atoms with Gasteiger partial charge < -0.3 is 85.6 Å². The fourth-order valence-corrected chi connectivity index (χ4v) is 7.53. The Hall–Kier alpha value is -7.35. The SMILES string of the molecule is CC[C@H](C)[C@H](NC(=O)CNC(=O)CNC(=O)[C@H](CO)NC(=O)[C@@H](NC(=O)[C@H](CC(N)=O)NC(=O)[C@H](CS)NC(=O)[C@H](Cc1ccccc1)NC(=O)[C@@H](N)CO)[C@@H](C)CC)C(=O)N[C@@H](Cc1cnc[nH]1)C(=O)N[C@@H](CS)C(N)=O. The van der Waals surface area contributed by atoms with Crippen LogP contribution in [0, 0.1) is 11.8 Å². The molecular weight excluding hydrogens is 1060 g/mol. The van der Waals surface area contributed by atoms with Gasteiger partial charge in [-0.05, 0) is 17.4 Å². The molecule has 0 saturated heterocycles. The fraction of sp³-hybridized carbons (Fsp3) is 0.553.